The minimum absolute atomic E-state index is 0.427. The van der Waals surface area contributed by atoms with Gasteiger partial charge in [-0.2, -0.15) is 0 Å². The lowest BCUT2D eigenvalue weighted by atomic mass is 9.78. The fourth-order valence-electron chi connectivity index (χ4n) is 1.38. The number of hydrogen-bond donors (Lipinski definition) is 1. The van der Waals surface area contributed by atoms with E-state index < -0.39 is 0 Å². The topological polar surface area (TPSA) is 12.0 Å². The molecule has 58 valence electrons. The average Bonchev–Trinajstić information content (AvgIpc) is 1.84. The van der Waals surface area contributed by atoms with E-state index in [0.29, 0.717) is 5.54 Å². The molecule has 1 saturated carbocycles. The van der Waals surface area contributed by atoms with E-state index >= 15 is 0 Å². The maximum absolute atomic E-state index is 3.50. The van der Waals surface area contributed by atoms with Crippen LogP contribution in [0.4, 0.5) is 0 Å². The first kappa shape index (κ1) is 7.64. The SMILES string of the molecule is C/C=C(\C)NC1(C)CCC1. The van der Waals surface area contributed by atoms with Gasteiger partial charge in [0, 0.05) is 11.2 Å². The Hall–Kier alpha value is -0.460. The Bertz CT molecular complexity index is 143. The van der Waals surface area contributed by atoms with Crippen LogP contribution in [0.2, 0.25) is 0 Å². The maximum atomic E-state index is 3.50. The number of hydrogen-bond acceptors (Lipinski definition) is 1. The van der Waals surface area contributed by atoms with Crippen molar-refractivity contribution >= 4 is 0 Å². The standard InChI is InChI=1S/C9H17N/c1-4-8(2)10-9(3)6-5-7-9/h4,10H,5-7H2,1-3H3/b8-4+. The third-order valence-electron chi connectivity index (χ3n) is 2.39. The lowest BCUT2D eigenvalue weighted by Gasteiger charge is -2.40. The van der Waals surface area contributed by atoms with Crippen molar-refractivity contribution in [2.24, 2.45) is 0 Å². The molecule has 0 heterocycles. The largest absolute Gasteiger partial charge is 0.384 e. The Balaban J connectivity index is 2.37. The van der Waals surface area contributed by atoms with Crippen LogP contribution in [0.1, 0.15) is 40.0 Å². The van der Waals surface area contributed by atoms with Crippen molar-refractivity contribution in [3.63, 3.8) is 0 Å². The minimum Gasteiger partial charge on any atom is -0.384 e. The molecule has 0 atom stereocenters. The predicted octanol–water partition coefficient (Wildman–Crippen LogP) is 2.44. The van der Waals surface area contributed by atoms with E-state index in [-0.39, 0.29) is 0 Å². The van der Waals surface area contributed by atoms with Gasteiger partial charge >= 0.3 is 0 Å². The van der Waals surface area contributed by atoms with Crippen molar-refractivity contribution < 1.29 is 0 Å². The molecule has 0 aliphatic heterocycles. The van der Waals surface area contributed by atoms with Gasteiger partial charge < -0.3 is 5.32 Å². The summed E-state index contributed by atoms with van der Waals surface area (Å²) in [6.07, 6.45) is 6.18. The zero-order chi connectivity index (χ0) is 7.61. The van der Waals surface area contributed by atoms with Crippen LogP contribution in [0, 0.1) is 0 Å². The number of nitrogens with one attached hydrogen (secondary N) is 1. The van der Waals surface area contributed by atoms with E-state index in [2.05, 4.69) is 32.2 Å². The van der Waals surface area contributed by atoms with E-state index in [1.165, 1.54) is 25.0 Å². The Morgan fingerprint density at radius 2 is 2.10 bits per heavy atom. The normalized spacial score (nSPS) is 23.7. The van der Waals surface area contributed by atoms with Crippen LogP contribution in [-0.4, -0.2) is 5.54 Å². The first-order chi connectivity index (χ1) is 4.66. The molecule has 0 aromatic carbocycles. The van der Waals surface area contributed by atoms with Crippen LogP contribution in [-0.2, 0) is 0 Å². The molecule has 0 unspecified atom stereocenters. The first-order valence-corrected chi connectivity index (χ1v) is 4.07. The molecule has 1 rings (SSSR count). The summed E-state index contributed by atoms with van der Waals surface area (Å²) in [5, 5.41) is 3.50. The molecule has 0 aromatic rings. The highest BCUT2D eigenvalue weighted by Crippen LogP contribution is 2.31. The third-order valence-corrected chi connectivity index (χ3v) is 2.39. The van der Waals surface area contributed by atoms with Crippen LogP contribution in [0.15, 0.2) is 11.8 Å². The molecule has 1 N–H and O–H groups in total. The number of rotatable bonds is 2. The monoisotopic (exact) mass is 139 g/mol. The van der Waals surface area contributed by atoms with Gasteiger partial charge in [-0.05, 0) is 40.0 Å². The highest BCUT2D eigenvalue weighted by Gasteiger charge is 2.30. The van der Waals surface area contributed by atoms with Crippen molar-refractivity contribution in [2.45, 2.75) is 45.6 Å². The second kappa shape index (κ2) is 2.65. The van der Waals surface area contributed by atoms with Crippen molar-refractivity contribution in [1.29, 1.82) is 0 Å². The lowest BCUT2D eigenvalue weighted by Crippen LogP contribution is -2.46. The Labute approximate surface area is 63.5 Å². The molecule has 1 fully saturated rings. The van der Waals surface area contributed by atoms with Crippen molar-refractivity contribution in [2.75, 3.05) is 0 Å². The Morgan fingerprint density at radius 1 is 1.50 bits per heavy atom. The first-order valence-electron chi connectivity index (χ1n) is 4.07. The van der Waals surface area contributed by atoms with Gasteiger partial charge in [0.15, 0.2) is 0 Å². The second-order valence-electron chi connectivity index (χ2n) is 3.51. The summed E-state index contributed by atoms with van der Waals surface area (Å²) in [6.45, 7) is 6.50. The summed E-state index contributed by atoms with van der Waals surface area (Å²) in [7, 11) is 0. The van der Waals surface area contributed by atoms with Crippen LogP contribution < -0.4 is 5.32 Å². The summed E-state index contributed by atoms with van der Waals surface area (Å²) in [5.74, 6) is 0. The summed E-state index contributed by atoms with van der Waals surface area (Å²) >= 11 is 0. The fraction of sp³-hybridized carbons (Fsp3) is 0.778. The molecule has 1 heteroatoms. The summed E-state index contributed by atoms with van der Waals surface area (Å²) in [6, 6.07) is 0. The van der Waals surface area contributed by atoms with Gasteiger partial charge in [-0.3, -0.25) is 0 Å². The second-order valence-corrected chi connectivity index (χ2v) is 3.51. The molecule has 1 aliphatic carbocycles. The van der Waals surface area contributed by atoms with E-state index in [1.807, 2.05) is 0 Å². The minimum atomic E-state index is 0.427. The molecule has 0 radical (unpaired) electrons. The molecular formula is C9H17N. The van der Waals surface area contributed by atoms with E-state index in [0.717, 1.165) is 0 Å². The van der Waals surface area contributed by atoms with Gasteiger partial charge in [0.05, 0.1) is 0 Å². The highest BCUT2D eigenvalue weighted by molar-refractivity contribution is 5.03. The Morgan fingerprint density at radius 3 is 2.40 bits per heavy atom. The molecular weight excluding hydrogens is 122 g/mol. The van der Waals surface area contributed by atoms with E-state index in [4.69, 9.17) is 0 Å². The van der Waals surface area contributed by atoms with Crippen molar-refractivity contribution in [3.05, 3.63) is 11.8 Å². The smallest absolute Gasteiger partial charge is 0.0342 e. The Kier molecular flexibility index (Phi) is 2.02. The van der Waals surface area contributed by atoms with Crippen LogP contribution >= 0.6 is 0 Å². The molecule has 10 heavy (non-hydrogen) atoms. The highest BCUT2D eigenvalue weighted by atomic mass is 15.0. The van der Waals surface area contributed by atoms with Crippen LogP contribution in [0.5, 0.6) is 0 Å². The van der Waals surface area contributed by atoms with Crippen LogP contribution in [0.3, 0.4) is 0 Å². The van der Waals surface area contributed by atoms with Gasteiger partial charge in [-0.15, -0.1) is 0 Å². The summed E-state index contributed by atoms with van der Waals surface area (Å²) < 4.78 is 0. The predicted molar refractivity (Wildman–Crippen MR) is 44.8 cm³/mol. The molecule has 0 bridgehead atoms. The van der Waals surface area contributed by atoms with Crippen molar-refractivity contribution in [1.82, 2.24) is 5.32 Å². The van der Waals surface area contributed by atoms with Gasteiger partial charge in [0.25, 0.3) is 0 Å². The zero-order valence-electron chi connectivity index (χ0n) is 7.20. The van der Waals surface area contributed by atoms with Gasteiger partial charge in [0.1, 0.15) is 0 Å². The zero-order valence-corrected chi connectivity index (χ0v) is 7.20. The molecule has 0 aromatic heterocycles. The number of allylic oxidation sites excluding steroid dienone is 2. The van der Waals surface area contributed by atoms with Gasteiger partial charge in [-0.25, -0.2) is 0 Å². The molecule has 0 amide bonds. The average molecular weight is 139 g/mol. The van der Waals surface area contributed by atoms with Gasteiger partial charge in [0.2, 0.25) is 0 Å². The lowest BCUT2D eigenvalue weighted by molar-refractivity contribution is 0.228. The molecule has 0 spiro atoms. The van der Waals surface area contributed by atoms with E-state index in [9.17, 15) is 0 Å². The quantitative estimate of drug-likeness (QED) is 0.619. The summed E-state index contributed by atoms with van der Waals surface area (Å²) in [4.78, 5) is 0. The molecule has 0 saturated heterocycles. The maximum Gasteiger partial charge on any atom is 0.0342 e. The van der Waals surface area contributed by atoms with Crippen molar-refractivity contribution in [3.8, 4) is 0 Å². The van der Waals surface area contributed by atoms with Gasteiger partial charge in [-0.1, -0.05) is 6.08 Å². The molecule has 1 aliphatic rings. The third kappa shape index (κ3) is 1.53. The fourth-order valence-corrected chi connectivity index (χ4v) is 1.38. The summed E-state index contributed by atoms with van der Waals surface area (Å²) in [5.41, 5.74) is 1.73. The van der Waals surface area contributed by atoms with Crippen LogP contribution in [0.25, 0.3) is 0 Å². The molecule has 1 nitrogen and oxygen atoms in total. The van der Waals surface area contributed by atoms with E-state index in [1.54, 1.807) is 0 Å².